The molecule has 0 aliphatic heterocycles. The Bertz CT molecular complexity index is 1060. The van der Waals surface area contributed by atoms with E-state index in [4.69, 9.17) is 4.55 Å². The number of ketones is 1. The summed E-state index contributed by atoms with van der Waals surface area (Å²) in [7, 11) is -4.66. The van der Waals surface area contributed by atoms with Gasteiger partial charge in [0.05, 0.1) is 4.92 Å². The summed E-state index contributed by atoms with van der Waals surface area (Å²) in [6, 6.07) is 9.07. The number of nitro benzene ring substituents is 1. The van der Waals surface area contributed by atoms with Gasteiger partial charge in [0.2, 0.25) is 6.04 Å². The predicted molar refractivity (Wildman–Crippen MR) is 106 cm³/mol. The molecule has 0 spiro atoms. The van der Waals surface area contributed by atoms with Crippen molar-refractivity contribution in [2.24, 2.45) is 10.2 Å². The van der Waals surface area contributed by atoms with E-state index in [9.17, 15) is 28.1 Å². The van der Waals surface area contributed by atoms with Crippen LogP contribution < -0.4 is 5.32 Å². The summed E-state index contributed by atoms with van der Waals surface area (Å²) in [6.45, 7) is 1.10. The summed E-state index contributed by atoms with van der Waals surface area (Å²) in [6.07, 6.45) is 0. The van der Waals surface area contributed by atoms with Gasteiger partial charge < -0.3 is 5.32 Å². The molecule has 1 amide bonds. The van der Waals surface area contributed by atoms with Gasteiger partial charge in [0.15, 0.2) is 11.5 Å². The van der Waals surface area contributed by atoms with E-state index in [-0.39, 0.29) is 45.5 Å². The first-order valence-electron chi connectivity index (χ1n) is 7.62. The van der Waals surface area contributed by atoms with Gasteiger partial charge in [0, 0.05) is 11.8 Å². The summed E-state index contributed by atoms with van der Waals surface area (Å²) in [5.41, 5.74) is -0.752. The Kier molecular flexibility index (Phi) is 9.19. The molecule has 0 radical (unpaired) electrons. The van der Waals surface area contributed by atoms with E-state index in [0.29, 0.717) is 11.8 Å². The maximum atomic E-state index is 12.2. The fraction of sp³-hybridized carbons (Fsp3) is 0.125. The number of azo groups is 1. The molecule has 0 fully saturated rings. The summed E-state index contributed by atoms with van der Waals surface area (Å²) in [4.78, 5) is 33.5. The van der Waals surface area contributed by atoms with Crippen LogP contribution in [0.25, 0.3) is 0 Å². The van der Waals surface area contributed by atoms with Crippen LogP contribution in [-0.4, -0.2) is 81.1 Å². The number of nitro groups is 1. The summed E-state index contributed by atoms with van der Waals surface area (Å²) in [5, 5.41) is 20.7. The van der Waals surface area contributed by atoms with Gasteiger partial charge in [-0.15, -0.1) is 5.11 Å². The van der Waals surface area contributed by atoms with Crippen molar-refractivity contribution in [3.63, 3.8) is 0 Å². The number of benzene rings is 2. The Hall–Kier alpha value is -2.03. The second-order valence-electron chi connectivity index (χ2n) is 5.47. The molecule has 2 rings (SSSR count). The van der Waals surface area contributed by atoms with Crippen LogP contribution in [0.1, 0.15) is 6.92 Å². The Balaban J connectivity index is 0.00000420. The van der Waals surface area contributed by atoms with Crippen LogP contribution in [0.3, 0.4) is 0 Å². The molecular weight excluding hydrogens is 480 g/mol. The molecule has 0 saturated carbocycles. The van der Waals surface area contributed by atoms with Crippen molar-refractivity contribution >= 4 is 84.4 Å². The first-order valence-corrected chi connectivity index (χ1v) is 9.06. The van der Waals surface area contributed by atoms with Crippen molar-refractivity contribution in [3.8, 4) is 0 Å². The van der Waals surface area contributed by atoms with Crippen molar-refractivity contribution in [1.29, 1.82) is 0 Å². The van der Waals surface area contributed by atoms with Crippen molar-refractivity contribution in [2.75, 3.05) is 5.32 Å². The van der Waals surface area contributed by atoms with Crippen LogP contribution >= 0.6 is 0 Å². The number of para-hydroxylation sites is 1. The van der Waals surface area contributed by atoms with Crippen LogP contribution in [-0.2, 0) is 19.7 Å². The molecule has 1 unspecified atom stereocenters. The third-order valence-electron chi connectivity index (χ3n) is 3.40. The fourth-order valence-corrected chi connectivity index (χ4v) is 2.57. The first-order chi connectivity index (χ1) is 13.1. The van der Waals surface area contributed by atoms with E-state index in [1.807, 2.05) is 0 Å². The van der Waals surface area contributed by atoms with E-state index < -0.39 is 49.0 Å². The molecule has 0 bridgehead atoms. The number of Topliss-reactive ketones (excluding diaryl/α,β-unsaturated/α-hetero) is 1. The van der Waals surface area contributed by atoms with Gasteiger partial charge in [0.25, 0.3) is 21.7 Å². The molecule has 2 aromatic rings. The van der Waals surface area contributed by atoms with Gasteiger partial charge in [0.1, 0.15) is 4.90 Å². The third kappa shape index (κ3) is 7.06. The average molecular weight is 496 g/mol. The van der Waals surface area contributed by atoms with Gasteiger partial charge in [-0.2, -0.15) is 13.5 Å². The van der Waals surface area contributed by atoms with Crippen molar-refractivity contribution in [2.45, 2.75) is 17.9 Å². The topological polar surface area (TPSA) is 168 Å². The molecule has 2 aromatic carbocycles. The number of carbonyl (C=O) groups is 2. The number of amides is 1. The SMILES string of the molecule is CC(=O)C(N=Nc1ccc(S(=O)(=O)O)cc1[N+](=O)[O-])C(=O)Nc1ccccc1.[SrH2]. The van der Waals surface area contributed by atoms with Gasteiger partial charge in [-0.3, -0.25) is 24.3 Å². The molecule has 150 valence electrons. The predicted octanol–water partition coefficient (Wildman–Crippen LogP) is 1.61. The van der Waals surface area contributed by atoms with Crippen molar-refractivity contribution < 1.29 is 27.5 Å². The van der Waals surface area contributed by atoms with Crippen LogP contribution in [0.15, 0.2) is 63.7 Å². The van der Waals surface area contributed by atoms with Crippen LogP contribution in [0.5, 0.6) is 0 Å². The quantitative estimate of drug-likeness (QED) is 0.147. The number of nitrogens with one attached hydrogen (secondary N) is 1. The molecule has 13 heteroatoms. The fourth-order valence-electron chi connectivity index (χ4n) is 2.06. The number of hydrogen-bond donors (Lipinski definition) is 2. The summed E-state index contributed by atoms with van der Waals surface area (Å²) >= 11 is 0. The standard InChI is InChI=1S/C16H14N4O7S.Sr.2H/c1-10(21)15(16(22)17-11-5-3-2-4-6-11)19-18-13-8-7-12(28(25,26)27)9-14(13)20(23)24;;;/h2-9,15H,1H3,(H,17,22)(H,25,26,27);;;. The average Bonchev–Trinajstić information content (AvgIpc) is 2.61. The molecule has 0 saturated heterocycles. The van der Waals surface area contributed by atoms with Crippen molar-refractivity contribution in [3.05, 3.63) is 58.6 Å². The first kappa shape index (κ1) is 25.0. The number of rotatable bonds is 7. The van der Waals surface area contributed by atoms with Gasteiger partial charge in [-0.1, -0.05) is 18.2 Å². The Labute approximate surface area is 202 Å². The molecule has 0 heterocycles. The number of carbonyl (C=O) groups excluding carboxylic acids is 2. The Morgan fingerprint density at radius 1 is 1.17 bits per heavy atom. The van der Waals surface area contributed by atoms with Crippen LogP contribution in [0.4, 0.5) is 17.1 Å². The normalized spacial score (nSPS) is 12.1. The van der Waals surface area contributed by atoms with Gasteiger partial charge in [-0.25, -0.2) is 0 Å². The van der Waals surface area contributed by atoms with Crippen LogP contribution in [0, 0.1) is 10.1 Å². The molecule has 29 heavy (non-hydrogen) atoms. The number of hydrogen-bond acceptors (Lipinski definition) is 8. The molecular formula is C16H16N4O7SSr. The molecule has 0 aromatic heterocycles. The zero-order valence-electron chi connectivity index (χ0n) is 14.3. The Morgan fingerprint density at radius 3 is 2.31 bits per heavy atom. The number of anilines is 1. The van der Waals surface area contributed by atoms with Crippen molar-refractivity contribution in [1.82, 2.24) is 0 Å². The van der Waals surface area contributed by atoms with E-state index in [1.165, 1.54) is 0 Å². The molecule has 1 atom stereocenters. The van der Waals surface area contributed by atoms with E-state index in [1.54, 1.807) is 30.3 Å². The second kappa shape index (κ2) is 10.7. The zero-order valence-corrected chi connectivity index (χ0v) is 15.2. The zero-order chi connectivity index (χ0) is 20.9. The number of nitrogens with zero attached hydrogens (tertiary/aromatic N) is 3. The molecule has 0 aliphatic carbocycles. The van der Waals surface area contributed by atoms with E-state index in [2.05, 4.69) is 15.5 Å². The van der Waals surface area contributed by atoms with E-state index in [0.717, 1.165) is 19.1 Å². The maximum absolute atomic E-state index is 12.2. The minimum absolute atomic E-state index is 0. The molecule has 0 aliphatic rings. The second-order valence-corrected chi connectivity index (χ2v) is 6.89. The van der Waals surface area contributed by atoms with Gasteiger partial charge in [-0.05, 0) is 31.2 Å². The van der Waals surface area contributed by atoms with Gasteiger partial charge >= 0.3 is 45.5 Å². The van der Waals surface area contributed by atoms with Crippen LogP contribution in [0.2, 0.25) is 0 Å². The van der Waals surface area contributed by atoms with E-state index >= 15 is 0 Å². The molecule has 11 nitrogen and oxygen atoms in total. The summed E-state index contributed by atoms with van der Waals surface area (Å²) < 4.78 is 31.2. The Morgan fingerprint density at radius 2 is 1.79 bits per heavy atom. The molecule has 2 N–H and O–H groups in total. The summed E-state index contributed by atoms with van der Waals surface area (Å²) in [5.74, 6) is -1.45. The third-order valence-corrected chi connectivity index (χ3v) is 4.25. The monoisotopic (exact) mass is 496 g/mol. The minimum atomic E-state index is -4.66.